The maximum absolute atomic E-state index is 13.4. The van der Waals surface area contributed by atoms with Gasteiger partial charge in [0.1, 0.15) is 5.60 Å². The Kier molecular flexibility index (Phi) is 4.64. The van der Waals surface area contributed by atoms with Crippen LogP contribution in [0.25, 0.3) is 0 Å². The average Bonchev–Trinajstić information content (AvgIpc) is 2.61. The highest BCUT2D eigenvalue weighted by Crippen LogP contribution is 2.44. The van der Waals surface area contributed by atoms with Gasteiger partial charge in [-0.15, -0.1) is 0 Å². The molecule has 1 aliphatic rings. The molecule has 2 aromatic carbocycles. The van der Waals surface area contributed by atoms with Gasteiger partial charge in [-0.2, -0.15) is 0 Å². The van der Waals surface area contributed by atoms with Crippen LogP contribution in [-0.4, -0.2) is 12.2 Å². The summed E-state index contributed by atoms with van der Waals surface area (Å²) in [5, 5.41) is 3.58. The van der Waals surface area contributed by atoms with Gasteiger partial charge in [0.25, 0.3) is 5.17 Å². The molecule has 0 amide bonds. The highest BCUT2D eigenvalue weighted by Gasteiger charge is 2.40. The Bertz CT molecular complexity index is 821. The molecule has 0 aliphatic carbocycles. The quantitative estimate of drug-likeness (QED) is 0.729. The van der Waals surface area contributed by atoms with Gasteiger partial charge in [-0.25, -0.2) is 8.78 Å². The molecule has 25 heavy (non-hydrogen) atoms. The second-order valence-corrected chi connectivity index (χ2v) is 6.46. The number of hydrogen-bond acceptors (Lipinski definition) is 3. The molecule has 0 aromatic heterocycles. The molecule has 1 heterocycles. The van der Waals surface area contributed by atoms with Crippen molar-refractivity contribution in [2.45, 2.75) is 32.3 Å². The summed E-state index contributed by atoms with van der Waals surface area (Å²) in [6.45, 7) is 4.13. The molecular weight excluding hydrogens is 342 g/mol. The SMILES string of the molecule is CCC1(CC)OC(=S)N(C)c2ccc(Nc3ccc(F)c(F)c3)cc21. The lowest BCUT2D eigenvalue weighted by molar-refractivity contribution is 0.0405. The van der Waals surface area contributed by atoms with Gasteiger partial charge in [0.05, 0.1) is 5.69 Å². The average molecular weight is 362 g/mol. The van der Waals surface area contributed by atoms with E-state index in [4.69, 9.17) is 17.0 Å². The summed E-state index contributed by atoms with van der Waals surface area (Å²) in [5.74, 6) is -1.75. The van der Waals surface area contributed by atoms with Crippen LogP contribution in [0.5, 0.6) is 0 Å². The second kappa shape index (κ2) is 6.59. The lowest BCUT2D eigenvalue weighted by Gasteiger charge is -2.42. The van der Waals surface area contributed by atoms with E-state index in [1.165, 1.54) is 6.07 Å². The topological polar surface area (TPSA) is 24.5 Å². The van der Waals surface area contributed by atoms with Crippen molar-refractivity contribution in [3.63, 3.8) is 0 Å². The molecule has 3 rings (SSSR count). The predicted octanol–water partition coefficient (Wildman–Crippen LogP) is 5.48. The van der Waals surface area contributed by atoms with Gasteiger partial charge in [0.15, 0.2) is 11.6 Å². The van der Waals surface area contributed by atoms with Gasteiger partial charge in [0.2, 0.25) is 0 Å². The number of nitrogens with one attached hydrogen (secondary N) is 1. The van der Waals surface area contributed by atoms with Gasteiger partial charge in [0, 0.05) is 30.1 Å². The lowest BCUT2D eigenvalue weighted by Crippen LogP contribution is -2.43. The third-order valence-electron chi connectivity index (χ3n) is 4.76. The Morgan fingerprint density at radius 1 is 1.04 bits per heavy atom. The summed E-state index contributed by atoms with van der Waals surface area (Å²) in [6, 6.07) is 9.59. The van der Waals surface area contributed by atoms with Crippen LogP contribution in [0.4, 0.5) is 25.8 Å². The van der Waals surface area contributed by atoms with E-state index in [2.05, 4.69) is 19.2 Å². The van der Waals surface area contributed by atoms with Crippen molar-refractivity contribution in [1.29, 1.82) is 0 Å². The molecule has 0 atom stereocenters. The molecule has 0 unspecified atom stereocenters. The number of thiocarbonyl (C=S) groups is 1. The zero-order chi connectivity index (χ0) is 18.2. The fourth-order valence-electron chi connectivity index (χ4n) is 3.18. The van der Waals surface area contributed by atoms with E-state index in [1.807, 2.05) is 30.1 Å². The molecule has 0 spiro atoms. The maximum atomic E-state index is 13.4. The van der Waals surface area contributed by atoms with E-state index in [1.54, 1.807) is 0 Å². The van der Waals surface area contributed by atoms with Crippen molar-refractivity contribution in [2.24, 2.45) is 0 Å². The molecule has 6 heteroatoms. The highest BCUT2D eigenvalue weighted by molar-refractivity contribution is 7.80. The third-order valence-corrected chi connectivity index (χ3v) is 5.11. The Hall–Kier alpha value is -2.21. The summed E-state index contributed by atoms with van der Waals surface area (Å²) < 4.78 is 32.6. The molecule has 0 fully saturated rings. The molecule has 2 aromatic rings. The van der Waals surface area contributed by atoms with Crippen LogP contribution >= 0.6 is 12.2 Å². The maximum Gasteiger partial charge on any atom is 0.264 e. The van der Waals surface area contributed by atoms with Crippen LogP contribution in [0.1, 0.15) is 32.3 Å². The summed E-state index contributed by atoms with van der Waals surface area (Å²) in [7, 11) is 1.87. The van der Waals surface area contributed by atoms with E-state index in [-0.39, 0.29) is 0 Å². The largest absolute Gasteiger partial charge is 0.459 e. The molecule has 3 nitrogen and oxygen atoms in total. The number of hydrogen-bond donors (Lipinski definition) is 1. The molecular formula is C19H20F2N2OS. The van der Waals surface area contributed by atoms with E-state index in [0.29, 0.717) is 10.9 Å². The van der Waals surface area contributed by atoms with Gasteiger partial charge in [-0.1, -0.05) is 13.8 Å². The van der Waals surface area contributed by atoms with Gasteiger partial charge >= 0.3 is 0 Å². The third kappa shape index (κ3) is 3.06. The van der Waals surface area contributed by atoms with E-state index >= 15 is 0 Å². The van der Waals surface area contributed by atoms with E-state index < -0.39 is 17.2 Å². The minimum Gasteiger partial charge on any atom is -0.459 e. The fraction of sp³-hybridized carbons (Fsp3) is 0.316. The first-order valence-electron chi connectivity index (χ1n) is 8.23. The van der Waals surface area contributed by atoms with Crippen LogP contribution < -0.4 is 10.2 Å². The molecule has 0 saturated carbocycles. The number of anilines is 3. The standard InChI is InChI=1S/C19H20F2N2OS/c1-4-19(5-2)14-10-12(7-9-17(14)23(3)18(25)24-19)22-13-6-8-15(20)16(21)11-13/h6-11,22H,4-5H2,1-3H3. The molecule has 0 radical (unpaired) electrons. The zero-order valence-corrected chi connectivity index (χ0v) is 15.2. The van der Waals surface area contributed by atoms with Crippen LogP contribution in [0.2, 0.25) is 0 Å². The molecule has 1 aliphatic heterocycles. The smallest absolute Gasteiger partial charge is 0.264 e. The van der Waals surface area contributed by atoms with Gasteiger partial charge in [-0.05, 0) is 55.4 Å². The highest BCUT2D eigenvalue weighted by atomic mass is 32.1. The van der Waals surface area contributed by atoms with Crippen LogP contribution in [-0.2, 0) is 10.3 Å². The summed E-state index contributed by atoms with van der Waals surface area (Å²) >= 11 is 5.36. The Labute approximate surface area is 151 Å². The van der Waals surface area contributed by atoms with Crippen LogP contribution in [0, 0.1) is 11.6 Å². The summed E-state index contributed by atoms with van der Waals surface area (Å²) in [4.78, 5) is 1.84. The van der Waals surface area contributed by atoms with Crippen molar-refractivity contribution in [2.75, 3.05) is 17.3 Å². The Balaban J connectivity index is 2.02. The number of halogens is 2. The van der Waals surface area contributed by atoms with Crippen LogP contribution in [0.3, 0.4) is 0 Å². The Morgan fingerprint density at radius 2 is 1.68 bits per heavy atom. The first kappa shape index (κ1) is 17.6. The summed E-state index contributed by atoms with van der Waals surface area (Å²) in [5.41, 5.74) is 2.81. The molecule has 132 valence electrons. The molecule has 0 bridgehead atoms. The van der Waals surface area contributed by atoms with E-state index in [9.17, 15) is 8.78 Å². The number of rotatable bonds is 4. The van der Waals surface area contributed by atoms with E-state index in [0.717, 1.165) is 41.9 Å². The van der Waals surface area contributed by atoms with Crippen molar-refractivity contribution in [1.82, 2.24) is 0 Å². The van der Waals surface area contributed by atoms with Crippen LogP contribution in [0.15, 0.2) is 36.4 Å². The summed E-state index contributed by atoms with van der Waals surface area (Å²) in [6.07, 6.45) is 1.55. The minimum atomic E-state index is -0.882. The predicted molar refractivity (Wildman–Crippen MR) is 100 cm³/mol. The number of benzene rings is 2. The normalized spacial score (nSPS) is 15.6. The van der Waals surface area contributed by atoms with Crippen molar-refractivity contribution in [3.05, 3.63) is 53.6 Å². The first-order valence-corrected chi connectivity index (χ1v) is 8.64. The minimum absolute atomic E-state index is 0.456. The van der Waals surface area contributed by atoms with Crippen molar-refractivity contribution < 1.29 is 13.5 Å². The van der Waals surface area contributed by atoms with Crippen molar-refractivity contribution in [3.8, 4) is 0 Å². The monoisotopic (exact) mass is 362 g/mol. The number of nitrogens with zero attached hydrogens (tertiary/aromatic N) is 1. The van der Waals surface area contributed by atoms with Gasteiger partial charge in [-0.3, -0.25) is 0 Å². The zero-order valence-electron chi connectivity index (χ0n) is 14.4. The first-order chi connectivity index (χ1) is 11.9. The van der Waals surface area contributed by atoms with Gasteiger partial charge < -0.3 is 15.0 Å². The second-order valence-electron chi connectivity index (χ2n) is 6.11. The number of fused-ring (bicyclic) bond motifs is 1. The Morgan fingerprint density at radius 3 is 2.32 bits per heavy atom. The molecule has 0 saturated heterocycles. The molecule has 1 N–H and O–H groups in total. The fourth-order valence-corrected chi connectivity index (χ4v) is 3.43. The number of ether oxygens (including phenoxy) is 1. The van der Waals surface area contributed by atoms with Crippen molar-refractivity contribution >= 4 is 34.5 Å². The lowest BCUT2D eigenvalue weighted by atomic mass is 9.85.